The van der Waals surface area contributed by atoms with Gasteiger partial charge in [0.15, 0.2) is 0 Å². The van der Waals surface area contributed by atoms with Crippen LogP contribution in [0.5, 0.6) is 0 Å². The van der Waals surface area contributed by atoms with E-state index >= 15 is 0 Å². The fourth-order valence-corrected chi connectivity index (χ4v) is 2.56. The lowest BCUT2D eigenvalue weighted by Crippen LogP contribution is -2.40. The number of carbonyl (C=O) groups is 1. The van der Waals surface area contributed by atoms with Crippen molar-refractivity contribution in [2.24, 2.45) is 0 Å². The largest absolute Gasteiger partial charge is 0.338 e. The molecule has 2 heterocycles. The Balaban J connectivity index is 1.84. The van der Waals surface area contributed by atoms with Crippen LogP contribution in [0.15, 0.2) is 24.5 Å². The van der Waals surface area contributed by atoms with Crippen molar-refractivity contribution in [3.8, 4) is 0 Å². The molecule has 0 aromatic carbocycles. The Kier molecular flexibility index (Phi) is 4.70. The lowest BCUT2D eigenvalue weighted by atomic mass is 10.1. The van der Waals surface area contributed by atoms with Crippen molar-refractivity contribution in [1.29, 1.82) is 0 Å². The number of aryl methyl sites for hydroxylation is 1. The molecule has 98 valence electrons. The smallest absolute Gasteiger partial charge is 0.223 e. The summed E-state index contributed by atoms with van der Waals surface area (Å²) in [5, 5.41) is 3.17. The number of pyridine rings is 1. The van der Waals surface area contributed by atoms with Crippen LogP contribution in [0.1, 0.15) is 24.8 Å². The minimum absolute atomic E-state index is 0.282. The fourth-order valence-electron chi connectivity index (χ4n) is 2.56. The van der Waals surface area contributed by atoms with Gasteiger partial charge in [-0.3, -0.25) is 9.78 Å². The first-order valence-electron chi connectivity index (χ1n) is 6.64. The Hall–Kier alpha value is -1.42. The molecule has 1 aliphatic heterocycles. The zero-order valence-electron chi connectivity index (χ0n) is 10.9. The third-order valence-corrected chi connectivity index (χ3v) is 3.51. The van der Waals surface area contributed by atoms with E-state index in [4.69, 9.17) is 0 Å². The van der Waals surface area contributed by atoms with Gasteiger partial charge in [0, 0.05) is 37.9 Å². The first kappa shape index (κ1) is 13.0. The summed E-state index contributed by atoms with van der Waals surface area (Å²) < 4.78 is 0. The van der Waals surface area contributed by atoms with Gasteiger partial charge in [0.05, 0.1) is 0 Å². The highest BCUT2D eigenvalue weighted by Crippen LogP contribution is 2.18. The Morgan fingerprint density at radius 3 is 3.00 bits per heavy atom. The highest BCUT2D eigenvalue weighted by atomic mass is 16.2. The van der Waals surface area contributed by atoms with Gasteiger partial charge < -0.3 is 10.2 Å². The summed E-state index contributed by atoms with van der Waals surface area (Å²) in [6.45, 7) is 1.82. The van der Waals surface area contributed by atoms with Crippen molar-refractivity contribution in [2.45, 2.75) is 31.7 Å². The molecule has 0 bridgehead atoms. The van der Waals surface area contributed by atoms with E-state index in [1.54, 1.807) is 12.4 Å². The van der Waals surface area contributed by atoms with Crippen LogP contribution in [0.2, 0.25) is 0 Å². The quantitative estimate of drug-likeness (QED) is 0.851. The molecule has 4 heteroatoms. The van der Waals surface area contributed by atoms with Gasteiger partial charge in [-0.05, 0) is 44.0 Å². The molecule has 1 N–H and O–H groups in total. The van der Waals surface area contributed by atoms with Crippen LogP contribution in [0, 0.1) is 0 Å². The van der Waals surface area contributed by atoms with Gasteiger partial charge in [0.1, 0.15) is 0 Å². The molecule has 1 unspecified atom stereocenters. The summed E-state index contributed by atoms with van der Waals surface area (Å²) in [6.07, 6.45) is 7.22. The third-order valence-electron chi connectivity index (χ3n) is 3.51. The minimum Gasteiger partial charge on any atom is -0.338 e. The van der Waals surface area contributed by atoms with E-state index in [2.05, 4.69) is 10.3 Å². The Labute approximate surface area is 108 Å². The van der Waals surface area contributed by atoms with E-state index in [1.165, 1.54) is 5.56 Å². The first-order valence-corrected chi connectivity index (χ1v) is 6.64. The summed E-state index contributed by atoms with van der Waals surface area (Å²) >= 11 is 0. The molecule has 1 aromatic rings. The van der Waals surface area contributed by atoms with Crippen molar-refractivity contribution < 1.29 is 4.79 Å². The molecule has 0 aliphatic carbocycles. The highest BCUT2D eigenvalue weighted by Gasteiger charge is 2.27. The first-order chi connectivity index (χ1) is 8.81. The van der Waals surface area contributed by atoms with Crippen molar-refractivity contribution in [2.75, 3.05) is 20.1 Å². The van der Waals surface area contributed by atoms with E-state index in [0.717, 1.165) is 32.4 Å². The number of hydrogen-bond acceptors (Lipinski definition) is 3. The van der Waals surface area contributed by atoms with Crippen LogP contribution in [0.4, 0.5) is 0 Å². The number of hydrogen-bond donors (Lipinski definition) is 1. The van der Waals surface area contributed by atoms with Crippen molar-refractivity contribution in [1.82, 2.24) is 15.2 Å². The molecule has 0 spiro atoms. The molecular formula is C14H21N3O. The molecule has 0 radical (unpaired) electrons. The lowest BCUT2D eigenvalue weighted by Gasteiger charge is -2.24. The number of carbonyl (C=O) groups excluding carboxylic acids is 1. The topological polar surface area (TPSA) is 45.2 Å². The molecule has 1 saturated heterocycles. The molecule has 18 heavy (non-hydrogen) atoms. The molecule has 1 amide bonds. The predicted molar refractivity (Wildman–Crippen MR) is 71.2 cm³/mol. The van der Waals surface area contributed by atoms with Gasteiger partial charge in [0.2, 0.25) is 5.91 Å². The molecule has 1 aliphatic rings. The van der Waals surface area contributed by atoms with Crippen molar-refractivity contribution >= 4 is 5.91 Å². The van der Waals surface area contributed by atoms with Gasteiger partial charge in [0.25, 0.3) is 0 Å². The number of nitrogens with one attached hydrogen (secondary N) is 1. The summed E-state index contributed by atoms with van der Waals surface area (Å²) in [5.74, 6) is 0.282. The zero-order valence-corrected chi connectivity index (χ0v) is 10.9. The van der Waals surface area contributed by atoms with Gasteiger partial charge in [-0.15, -0.1) is 0 Å². The lowest BCUT2D eigenvalue weighted by molar-refractivity contribution is -0.131. The van der Waals surface area contributed by atoms with Gasteiger partial charge in [-0.2, -0.15) is 0 Å². The van der Waals surface area contributed by atoms with Crippen LogP contribution >= 0.6 is 0 Å². The van der Waals surface area contributed by atoms with Crippen LogP contribution in [-0.2, 0) is 11.2 Å². The van der Waals surface area contributed by atoms with E-state index in [0.29, 0.717) is 12.5 Å². The Morgan fingerprint density at radius 1 is 1.50 bits per heavy atom. The average Bonchev–Trinajstić information content (AvgIpc) is 2.86. The van der Waals surface area contributed by atoms with Gasteiger partial charge in [-0.1, -0.05) is 0 Å². The molecule has 2 rings (SSSR count). The molecule has 1 fully saturated rings. The molecular weight excluding hydrogens is 226 g/mol. The number of likely N-dealkylation sites (N-methyl/N-ethyl adjacent to an activating group) is 1. The highest BCUT2D eigenvalue weighted by molar-refractivity contribution is 5.77. The predicted octanol–water partition coefficient (Wildman–Crippen LogP) is 1.22. The standard InChI is InChI=1S/C14H21N3O/c1-15-11-13-3-2-10-17(13)14(18)5-4-12-6-8-16-9-7-12/h6-9,13,15H,2-5,10-11H2,1H3. The second-order valence-electron chi connectivity index (χ2n) is 4.80. The van der Waals surface area contributed by atoms with Gasteiger partial charge >= 0.3 is 0 Å². The number of likely N-dealkylation sites (tertiary alicyclic amines) is 1. The van der Waals surface area contributed by atoms with Crippen LogP contribution in [0.25, 0.3) is 0 Å². The maximum atomic E-state index is 12.2. The normalized spacial score (nSPS) is 19.2. The molecule has 1 aromatic heterocycles. The van der Waals surface area contributed by atoms with E-state index < -0.39 is 0 Å². The third kappa shape index (κ3) is 3.29. The molecule has 4 nitrogen and oxygen atoms in total. The van der Waals surface area contributed by atoms with Crippen LogP contribution in [-0.4, -0.2) is 42.0 Å². The second kappa shape index (κ2) is 6.50. The minimum atomic E-state index is 0.282. The summed E-state index contributed by atoms with van der Waals surface area (Å²) in [5.41, 5.74) is 1.18. The Morgan fingerprint density at radius 2 is 2.28 bits per heavy atom. The van der Waals surface area contributed by atoms with Crippen LogP contribution in [0.3, 0.4) is 0 Å². The molecule has 0 saturated carbocycles. The summed E-state index contributed by atoms with van der Waals surface area (Å²) in [4.78, 5) is 18.2. The SMILES string of the molecule is CNCC1CCCN1C(=O)CCc1ccncc1. The van der Waals surface area contributed by atoms with E-state index in [1.807, 2.05) is 24.1 Å². The second-order valence-corrected chi connectivity index (χ2v) is 4.80. The Bertz CT molecular complexity index is 380. The number of rotatable bonds is 5. The number of aromatic nitrogens is 1. The number of amides is 1. The molecule has 1 atom stereocenters. The van der Waals surface area contributed by atoms with Crippen LogP contribution < -0.4 is 5.32 Å². The fraction of sp³-hybridized carbons (Fsp3) is 0.571. The maximum absolute atomic E-state index is 12.2. The van der Waals surface area contributed by atoms with E-state index in [9.17, 15) is 4.79 Å². The van der Waals surface area contributed by atoms with Crippen molar-refractivity contribution in [3.05, 3.63) is 30.1 Å². The maximum Gasteiger partial charge on any atom is 0.223 e. The van der Waals surface area contributed by atoms with E-state index in [-0.39, 0.29) is 5.91 Å². The van der Waals surface area contributed by atoms with Crippen molar-refractivity contribution in [3.63, 3.8) is 0 Å². The number of nitrogens with zero attached hydrogens (tertiary/aromatic N) is 2. The summed E-state index contributed by atoms with van der Waals surface area (Å²) in [6, 6.07) is 4.34. The average molecular weight is 247 g/mol. The monoisotopic (exact) mass is 247 g/mol. The summed E-state index contributed by atoms with van der Waals surface area (Å²) in [7, 11) is 1.94. The van der Waals surface area contributed by atoms with Gasteiger partial charge in [-0.25, -0.2) is 0 Å². The zero-order chi connectivity index (χ0) is 12.8.